The smallest absolute Gasteiger partial charge is 0.341 e. The van der Waals surface area contributed by atoms with Crippen LogP contribution in [0.1, 0.15) is 22.8 Å². The number of carbonyl (C=O) groups is 1. The van der Waals surface area contributed by atoms with Crippen LogP contribution in [-0.2, 0) is 18.4 Å². The number of H-pyrrole nitrogens is 1. The van der Waals surface area contributed by atoms with Crippen molar-refractivity contribution >= 4 is 16.9 Å². The molecule has 2 aromatic heterocycles. The van der Waals surface area contributed by atoms with E-state index in [1.54, 1.807) is 0 Å². The van der Waals surface area contributed by atoms with Crippen LogP contribution in [0.3, 0.4) is 0 Å². The summed E-state index contributed by atoms with van der Waals surface area (Å²) in [6.07, 6.45) is 2.62. The number of aryl methyl sites for hydroxylation is 2. The third-order valence-electron chi connectivity index (χ3n) is 3.91. The Morgan fingerprint density at radius 3 is 2.56 bits per heavy atom. The predicted octanol–water partition coefficient (Wildman–Crippen LogP) is 2.90. The molecule has 0 aliphatic carbocycles. The zero-order valence-electron chi connectivity index (χ0n) is 14.2. The first-order valence-electron chi connectivity index (χ1n) is 7.65. The molecule has 0 spiro atoms. The number of rotatable bonds is 3. The van der Waals surface area contributed by atoms with Crippen LogP contribution in [0.4, 0.5) is 0 Å². The summed E-state index contributed by atoms with van der Waals surface area (Å²) in [5.41, 5.74) is 2.68. The van der Waals surface area contributed by atoms with Gasteiger partial charge in [0.15, 0.2) is 0 Å². The van der Waals surface area contributed by atoms with Crippen molar-refractivity contribution in [3.8, 4) is 11.3 Å². The molecule has 0 bridgehead atoms. The van der Waals surface area contributed by atoms with E-state index in [2.05, 4.69) is 9.87 Å². The Bertz CT molecular complexity index is 956. The van der Waals surface area contributed by atoms with Crippen LogP contribution in [0.2, 0.25) is 0 Å². The van der Waals surface area contributed by atoms with E-state index >= 15 is 0 Å². The highest BCUT2D eigenvalue weighted by Gasteiger charge is 2.14. The average Bonchev–Trinajstić information content (AvgIpc) is 2.95. The number of hydrogen-bond acceptors (Lipinski definition) is 4. The third kappa shape index (κ3) is 3.78. The number of aromatic amines is 1. The van der Waals surface area contributed by atoms with Crippen molar-refractivity contribution in [2.75, 3.05) is 7.11 Å². The van der Waals surface area contributed by atoms with Crippen LogP contribution in [0.5, 0.6) is 0 Å². The van der Waals surface area contributed by atoms with Crippen molar-refractivity contribution in [2.24, 2.45) is 7.05 Å². The van der Waals surface area contributed by atoms with Crippen molar-refractivity contribution < 1.29 is 20.0 Å². The third-order valence-corrected chi connectivity index (χ3v) is 3.91. The maximum absolute atomic E-state index is 12.0. The molecule has 0 aliphatic rings. The number of aromatic carboxylic acids is 1. The zero-order valence-corrected chi connectivity index (χ0v) is 14.2. The molecule has 3 rings (SSSR count). The van der Waals surface area contributed by atoms with E-state index in [0.29, 0.717) is 12.1 Å². The highest BCUT2D eigenvalue weighted by atomic mass is 17.1. The van der Waals surface area contributed by atoms with Crippen LogP contribution in [0.15, 0.2) is 41.3 Å². The van der Waals surface area contributed by atoms with E-state index in [1.165, 1.54) is 13.2 Å². The fraction of sp³-hybridized carbons (Fsp3) is 0.222. The first-order valence-corrected chi connectivity index (χ1v) is 7.65. The molecule has 1 aromatic carbocycles. The lowest BCUT2D eigenvalue weighted by molar-refractivity contribution is -0.214. The molecule has 132 valence electrons. The van der Waals surface area contributed by atoms with E-state index in [1.807, 2.05) is 49.0 Å². The van der Waals surface area contributed by atoms with E-state index in [0.717, 1.165) is 22.0 Å². The van der Waals surface area contributed by atoms with Gasteiger partial charge in [-0.05, 0) is 41.8 Å². The molecule has 3 aromatic rings. The summed E-state index contributed by atoms with van der Waals surface area (Å²) in [6.45, 7) is 1.93. The summed E-state index contributed by atoms with van der Waals surface area (Å²) >= 11 is 0. The predicted molar refractivity (Wildman–Crippen MR) is 95.0 cm³/mol. The van der Waals surface area contributed by atoms with Crippen molar-refractivity contribution in [1.29, 1.82) is 0 Å². The Morgan fingerprint density at radius 1 is 1.28 bits per heavy atom. The van der Waals surface area contributed by atoms with Gasteiger partial charge in [0.2, 0.25) is 0 Å². The Kier molecular flexibility index (Phi) is 5.74. The molecule has 0 fully saturated rings. The van der Waals surface area contributed by atoms with Crippen LogP contribution in [0.25, 0.3) is 22.2 Å². The van der Waals surface area contributed by atoms with E-state index in [9.17, 15) is 9.59 Å². The lowest BCUT2D eigenvalue weighted by Crippen LogP contribution is -2.19. The molecule has 0 aliphatic heterocycles. The van der Waals surface area contributed by atoms with Gasteiger partial charge in [-0.3, -0.25) is 10.1 Å². The fourth-order valence-electron chi connectivity index (χ4n) is 2.71. The molecule has 25 heavy (non-hydrogen) atoms. The second-order valence-electron chi connectivity index (χ2n) is 5.45. The standard InChI is InChI=1S/C17H16N2O3.CH4O2/c1-3-10-9-13(17(21)22)16(20)18-15(10)12-4-5-14-11(8-12)6-7-19(14)2;1-3-2/h4-9H,3H2,1-2H3,(H,18,20)(H,21,22);2H,1H3. The molecule has 3 N–H and O–H groups in total. The lowest BCUT2D eigenvalue weighted by Gasteiger charge is -2.09. The monoisotopic (exact) mass is 344 g/mol. The van der Waals surface area contributed by atoms with Gasteiger partial charge in [-0.2, -0.15) is 0 Å². The van der Waals surface area contributed by atoms with E-state index in [-0.39, 0.29) is 5.56 Å². The van der Waals surface area contributed by atoms with Gasteiger partial charge in [0.25, 0.3) is 5.56 Å². The molecule has 7 nitrogen and oxygen atoms in total. The number of fused-ring (bicyclic) bond motifs is 1. The van der Waals surface area contributed by atoms with Crippen LogP contribution in [-0.4, -0.2) is 33.0 Å². The fourth-order valence-corrected chi connectivity index (χ4v) is 2.71. The van der Waals surface area contributed by atoms with Gasteiger partial charge >= 0.3 is 5.97 Å². The summed E-state index contributed by atoms with van der Waals surface area (Å²) < 4.78 is 2.02. The number of nitrogens with zero attached hydrogens (tertiary/aromatic N) is 1. The summed E-state index contributed by atoms with van der Waals surface area (Å²) in [7, 11) is 3.16. The Morgan fingerprint density at radius 2 is 1.96 bits per heavy atom. The second-order valence-corrected chi connectivity index (χ2v) is 5.45. The van der Waals surface area contributed by atoms with Gasteiger partial charge in [-0.15, -0.1) is 0 Å². The van der Waals surface area contributed by atoms with Crippen molar-refractivity contribution in [2.45, 2.75) is 13.3 Å². The summed E-state index contributed by atoms with van der Waals surface area (Å²) in [4.78, 5) is 29.0. The van der Waals surface area contributed by atoms with Gasteiger partial charge in [0.1, 0.15) is 5.56 Å². The van der Waals surface area contributed by atoms with Gasteiger partial charge in [-0.1, -0.05) is 13.0 Å². The molecule has 2 heterocycles. The van der Waals surface area contributed by atoms with Gasteiger partial charge < -0.3 is 14.7 Å². The normalized spacial score (nSPS) is 10.4. The molecule has 0 unspecified atom stereocenters. The highest BCUT2D eigenvalue weighted by molar-refractivity contribution is 5.89. The number of carboxylic acid groups (broad SMARTS) is 1. The molecule has 0 amide bonds. The lowest BCUT2D eigenvalue weighted by atomic mass is 10.0. The molecule has 0 atom stereocenters. The largest absolute Gasteiger partial charge is 0.477 e. The molecular weight excluding hydrogens is 324 g/mol. The molecular formula is C18H20N2O5. The Balaban J connectivity index is 0.000000701. The first-order chi connectivity index (χ1) is 11.9. The first kappa shape index (κ1) is 18.4. The van der Waals surface area contributed by atoms with E-state index < -0.39 is 11.5 Å². The zero-order chi connectivity index (χ0) is 18.6. The average molecular weight is 344 g/mol. The van der Waals surface area contributed by atoms with Gasteiger partial charge in [0.05, 0.1) is 12.8 Å². The topological polar surface area (TPSA) is 105 Å². The SMILES string of the molecule is CCc1cc(C(=O)O)c(=O)[nH]c1-c1ccc2c(ccn2C)c1.COO. The number of pyridine rings is 1. The number of carboxylic acids is 1. The van der Waals surface area contributed by atoms with Crippen molar-refractivity contribution in [3.63, 3.8) is 0 Å². The number of nitrogens with one attached hydrogen (secondary N) is 1. The van der Waals surface area contributed by atoms with E-state index in [4.69, 9.17) is 10.4 Å². The minimum Gasteiger partial charge on any atom is -0.477 e. The Hall–Kier alpha value is -2.90. The number of aromatic nitrogens is 2. The van der Waals surface area contributed by atoms with Crippen LogP contribution >= 0.6 is 0 Å². The van der Waals surface area contributed by atoms with Gasteiger partial charge in [0, 0.05) is 24.1 Å². The van der Waals surface area contributed by atoms with Gasteiger partial charge in [-0.25, -0.2) is 9.68 Å². The molecule has 0 saturated carbocycles. The minimum atomic E-state index is -1.21. The summed E-state index contributed by atoms with van der Waals surface area (Å²) in [5, 5.41) is 17.2. The second kappa shape index (κ2) is 7.78. The van der Waals surface area contributed by atoms with Crippen LogP contribution < -0.4 is 5.56 Å². The maximum Gasteiger partial charge on any atom is 0.341 e. The van der Waals surface area contributed by atoms with Crippen molar-refractivity contribution in [1.82, 2.24) is 9.55 Å². The maximum atomic E-state index is 12.0. The summed E-state index contributed by atoms with van der Waals surface area (Å²) in [6, 6.07) is 9.40. The Labute approximate surface area is 144 Å². The van der Waals surface area contributed by atoms with Crippen LogP contribution in [0, 0.1) is 0 Å². The number of hydrogen-bond donors (Lipinski definition) is 3. The molecule has 7 heteroatoms. The summed E-state index contributed by atoms with van der Waals surface area (Å²) in [5.74, 6) is -1.21. The molecule has 0 radical (unpaired) electrons. The quantitative estimate of drug-likeness (QED) is 0.500. The van der Waals surface area contributed by atoms with Crippen molar-refractivity contribution in [3.05, 3.63) is 58.0 Å². The molecule has 0 saturated heterocycles. The highest BCUT2D eigenvalue weighted by Crippen LogP contribution is 2.26. The number of benzene rings is 1. The minimum absolute atomic E-state index is 0.221.